The fourth-order valence-electron chi connectivity index (χ4n) is 2.74. The van der Waals surface area contributed by atoms with Crippen LogP contribution in [0.5, 0.6) is 0 Å². The number of aromatic nitrogens is 1. The number of hydrogen-bond donors (Lipinski definition) is 1. The topological polar surface area (TPSA) is 58.4 Å². The molecule has 22 heavy (non-hydrogen) atoms. The van der Waals surface area contributed by atoms with Crippen molar-refractivity contribution in [2.24, 2.45) is 5.92 Å². The molecule has 124 valence electrons. The molecule has 0 spiro atoms. The van der Waals surface area contributed by atoms with Gasteiger partial charge < -0.3 is 14.7 Å². The van der Waals surface area contributed by atoms with E-state index in [1.165, 1.54) is 6.42 Å². The van der Waals surface area contributed by atoms with Gasteiger partial charge in [-0.25, -0.2) is 0 Å². The molecule has 1 N–H and O–H groups in total. The first-order chi connectivity index (χ1) is 10.6. The molecule has 1 amide bonds. The summed E-state index contributed by atoms with van der Waals surface area (Å²) in [5.41, 5.74) is 0.409. The number of unbranched alkanes of at least 4 members (excludes halogenated alkanes) is 1. The van der Waals surface area contributed by atoms with Gasteiger partial charge in [-0.1, -0.05) is 32.3 Å². The summed E-state index contributed by atoms with van der Waals surface area (Å²) in [7, 11) is 0. The Hall–Kier alpha value is -1.36. The molecule has 1 fully saturated rings. The van der Waals surface area contributed by atoms with Gasteiger partial charge in [0.1, 0.15) is 5.76 Å². The SMILES string of the molecule is CCCCc1cc(C(=O)NC2CCN(CCC(C)C)C2)no1. The minimum absolute atomic E-state index is 0.109. The second-order valence-electron chi connectivity index (χ2n) is 6.72. The summed E-state index contributed by atoms with van der Waals surface area (Å²) < 4.78 is 5.22. The van der Waals surface area contributed by atoms with Crippen molar-refractivity contribution in [3.63, 3.8) is 0 Å². The van der Waals surface area contributed by atoms with Crippen molar-refractivity contribution in [2.75, 3.05) is 19.6 Å². The summed E-state index contributed by atoms with van der Waals surface area (Å²) in [6.07, 6.45) is 5.25. The Morgan fingerprint density at radius 2 is 2.36 bits per heavy atom. The number of rotatable bonds is 8. The van der Waals surface area contributed by atoms with Crippen LogP contribution < -0.4 is 5.32 Å². The van der Waals surface area contributed by atoms with Gasteiger partial charge in [0.05, 0.1) is 0 Å². The lowest BCUT2D eigenvalue weighted by Crippen LogP contribution is -2.37. The molecule has 1 aliphatic rings. The molecule has 1 atom stereocenters. The van der Waals surface area contributed by atoms with Crippen LogP contribution in [0.25, 0.3) is 0 Å². The van der Waals surface area contributed by atoms with Gasteiger partial charge in [-0.3, -0.25) is 4.79 Å². The van der Waals surface area contributed by atoms with Gasteiger partial charge in [-0.2, -0.15) is 0 Å². The van der Waals surface area contributed by atoms with Crippen molar-refractivity contribution in [2.45, 2.75) is 58.9 Å². The molecule has 1 saturated heterocycles. The first kappa shape index (κ1) is 17.0. The number of carbonyl (C=O) groups is 1. The average molecular weight is 307 g/mol. The van der Waals surface area contributed by atoms with Crippen LogP contribution in [0.2, 0.25) is 0 Å². The van der Waals surface area contributed by atoms with E-state index in [2.05, 4.69) is 36.1 Å². The van der Waals surface area contributed by atoms with Crippen LogP contribution in [0.3, 0.4) is 0 Å². The molecule has 1 aliphatic heterocycles. The molecular formula is C17H29N3O2. The lowest BCUT2D eigenvalue weighted by Gasteiger charge is -2.17. The average Bonchev–Trinajstić information content (AvgIpc) is 3.12. The van der Waals surface area contributed by atoms with E-state index in [1.54, 1.807) is 6.07 Å². The Balaban J connectivity index is 1.76. The molecule has 5 heteroatoms. The standard InChI is InChI=1S/C17H29N3O2/c1-4-5-6-15-11-16(19-22-15)17(21)18-14-8-10-20(12-14)9-7-13(2)3/h11,13-14H,4-10,12H2,1-3H3,(H,18,21). The molecule has 2 rings (SSSR count). The van der Waals surface area contributed by atoms with Gasteiger partial charge in [-0.05, 0) is 31.7 Å². The highest BCUT2D eigenvalue weighted by Crippen LogP contribution is 2.13. The molecule has 5 nitrogen and oxygen atoms in total. The minimum atomic E-state index is -0.109. The molecule has 1 unspecified atom stereocenters. The summed E-state index contributed by atoms with van der Waals surface area (Å²) in [4.78, 5) is 14.6. The number of amides is 1. The van der Waals surface area contributed by atoms with Gasteiger partial charge in [0, 0.05) is 31.6 Å². The molecule has 1 aromatic heterocycles. The highest BCUT2D eigenvalue weighted by atomic mass is 16.5. The highest BCUT2D eigenvalue weighted by Gasteiger charge is 2.25. The molecule has 2 heterocycles. The Morgan fingerprint density at radius 1 is 1.55 bits per heavy atom. The van der Waals surface area contributed by atoms with E-state index in [4.69, 9.17) is 4.52 Å². The monoisotopic (exact) mass is 307 g/mol. The lowest BCUT2D eigenvalue weighted by molar-refractivity contribution is 0.0928. The van der Waals surface area contributed by atoms with Crippen LogP contribution in [0, 0.1) is 5.92 Å². The maximum Gasteiger partial charge on any atom is 0.273 e. The van der Waals surface area contributed by atoms with Crippen molar-refractivity contribution in [3.8, 4) is 0 Å². The largest absolute Gasteiger partial charge is 0.361 e. The van der Waals surface area contributed by atoms with Crippen LogP contribution >= 0.6 is 0 Å². The first-order valence-corrected chi connectivity index (χ1v) is 8.57. The molecule has 0 aliphatic carbocycles. The van der Waals surface area contributed by atoms with Crippen LogP contribution in [-0.2, 0) is 6.42 Å². The Morgan fingerprint density at radius 3 is 3.09 bits per heavy atom. The predicted molar refractivity (Wildman–Crippen MR) is 86.9 cm³/mol. The van der Waals surface area contributed by atoms with Gasteiger partial charge in [0.15, 0.2) is 5.69 Å². The first-order valence-electron chi connectivity index (χ1n) is 8.57. The number of carbonyl (C=O) groups excluding carboxylic acids is 1. The van der Waals surface area contributed by atoms with Gasteiger partial charge in [-0.15, -0.1) is 0 Å². The third kappa shape index (κ3) is 5.13. The summed E-state index contributed by atoms with van der Waals surface area (Å²) in [6, 6.07) is 2.01. The normalized spacial score (nSPS) is 19.0. The summed E-state index contributed by atoms with van der Waals surface area (Å²) in [5, 5.41) is 6.97. The Labute approximate surface area is 133 Å². The number of nitrogens with one attached hydrogen (secondary N) is 1. The van der Waals surface area contributed by atoms with E-state index in [1.807, 2.05) is 0 Å². The number of likely N-dealkylation sites (tertiary alicyclic amines) is 1. The van der Waals surface area contributed by atoms with Gasteiger partial charge in [0.2, 0.25) is 0 Å². The number of aryl methyl sites for hydroxylation is 1. The van der Waals surface area contributed by atoms with E-state index in [0.29, 0.717) is 5.69 Å². The fraction of sp³-hybridized carbons (Fsp3) is 0.765. The van der Waals surface area contributed by atoms with Crippen LogP contribution in [0.4, 0.5) is 0 Å². The summed E-state index contributed by atoms with van der Waals surface area (Å²) >= 11 is 0. The molecule has 1 aromatic rings. The zero-order chi connectivity index (χ0) is 15.9. The highest BCUT2D eigenvalue weighted by molar-refractivity contribution is 5.92. The molecule has 0 aromatic carbocycles. The maximum absolute atomic E-state index is 12.2. The Kier molecular flexibility index (Phi) is 6.43. The van der Waals surface area contributed by atoms with Crippen molar-refractivity contribution in [1.29, 1.82) is 0 Å². The summed E-state index contributed by atoms with van der Waals surface area (Å²) in [5.74, 6) is 1.42. The predicted octanol–water partition coefficient (Wildman–Crippen LogP) is 2.87. The number of nitrogens with zero attached hydrogens (tertiary/aromatic N) is 2. The maximum atomic E-state index is 12.2. The third-order valence-electron chi connectivity index (χ3n) is 4.20. The van der Waals surface area contributed by atoms with Gasteiger partial charge >= 0.3 is 0 Å². The molecule has 0 saturated carbocycles. The quantitative estimate of drug-likeness (QED) is 0.802. The fourth-order valence-corrected chi connectivity index (χ4v) is 2.74. The second kappa shape index (κ2) is 8.32. The lowest BCUT2D eigenvalue weighted by atomic mass is 10.1. The second-order valence-corrected chi connectivity index (χ2v) is 6.72. The van der Waals surface area contributed by atoms with Crippen molar-refractivity contribution >= 4 is 5.91 Å². The minimum Gasteiger partial charge on any atom is -0.361 e. The third-order valence-corrected chi connectivity index (χ3v) is 4.20. The van der Waals surface area contributed by atoms with Crippen LogP contribution in [0.1, 0.15) is 62.7 Å². The number of hydrogen-bond acceptors (Lipinski definition) is 4. The molecular weight excluding hydrogens is 278 g/mol. The zero-order valence-electron chi connectivity index (χ0n) is 14.1. The summed E-state index contributed by atoms with van der Waals surface area (Å²) in [6.45, 7) is 9.76. The van der Waals surface area contributed by atoms with Gasteiger partial charge in [0.25, 0.3) is 5.91 Å². The van der Waals surface area contributed by atoms with E-state index < -0.39 is 0 Å². The van der Waals surface area contributed by atoms with Crippen LogP contribution in [0.15, 0.2) is 10.6 Å². The van der Waals surface area contributed by atoms with E-state index >= 15 is 0 Å². The van der Waals surface area contributed by atoms with E-state index in [-0.39, 0.29) is 11.9 Å². The van der Waals surface area contributed by atoms with Crippen molar-refractivity contribution < 1.29 is 9.32 Å². The smallest absolute Gasteiger partial charge is 0.273 e. The Bertz CT molecular complexity index is 470. The molecule has 0 radical (unpaired) electrons. The van der Waals surface area contributed by atoms with E-state index in [0.717, 1.165) is 57.0 Å². The zero-order valence-corrected chi connectivity index (χ0v) is 14.1. The van der Waals surface area contributed by atoms with Crippen LogP contribution in [-0.4, -0.2) is 41.6 Å². The molecule has 0 bridgehead atoms. The van der Waals surface area contributed by atoms with E-state index in [9.17, 15) is 4.79 Å². The van der Waals surface area contributed by atoms with Crippen molar-refractivity contribution in [1.82, 2.24) is 15.4 Å². The van der Waals surface area contributed by atoms with Crippen molar-refractivity contribution in [3.05, 3.63) is 17.5 Å².